The van der Waals surface area contributed by atoms with Crippen molar-refractivity contribution in [2.45, 2.75) is 58.5 Å². The summed E-state index contributed by atoms with van der Waals surface area (Å²) in [5.74, 6) is 0. The molecule has 1 N–H and O–H groups in total. The number of benzene rings is 1. The van der Waals surface area contributed by atoms with E-state index in [0.717, 1.165) is 6.42 Å². The molecule has 1 aliphatic rings. The number of likely N-dealkylation sites (N-methyl/N-ethyl adjacent to an activating group) is 1. The third-order valence-electron chi connectivity index (χ3n) is 4.84. The van der Waals surface area contributed by atoms with Crippen LogP contribution in [0.2, 0.25) is 0 Å². The lowest BCUT2D eigenvalue weighted by Gasteiger charge is -2.42. The van der Waals surface area contributed by atoms with Crippen molar-refractivity contribution in [2.75, 3.05) is 20.1 Å². The van der Waals surface area contributed by atoms with Crippen molar-refractivity contribution in [3.63, 3.8) is 0 Å². The summed E-state index contributed by atoms with van der Waals surface area (Å²) in [6.07, 6.45) is 3.80. The molecule has 1 unspecified atom stereocenters. The molecular weight excluding hydrogens is 244 g/mol. The summed E-state index contributed by atoms with van der Waals surface area (Å²) in [6.45, 7) is 11.7. The minimum absolute atomic E-state index is 0.211. The molecule has 2 rings (SSSR count). The van der Waals surface area contributed by atoms with E-state index in [4.69, 9.17) is 0 Å². The van der Waals surface area contributed by atoms with Gasteiger partial charge in [-0.1, -0.05) is 29.3 Å². The quantitative estimate of drug-likeness (QED) is 0.886. The third-order valence-corrected chi connectivity index (χ3v) is 4.84. The first-order valence-electron chi connectivity index (χ1n) is 7.93. The van der Waals surface area contributed by atoms with E-state index in [1.807, 2.05) is 0 Å². The molecule has 1 aromatic carbocycles. The molecule has 2 heteroatoms. The highest BCUT2D eigenvalue weighted by Gasteiger charge is 2.35. The molecule has 0 aliphatic carbocycles. The number of hydrogen-bond acceptors (Lipinski definition) is 2. The van der Waals surface area contributed by atoms with Crippen molar-refractivity contribution < 1.29 is 0 Å². The third kappa shape index (κ3) is 3.42. The second kappa shape index (κ2) is 6.28. The Labute approximate surface area is 124 Å². The Balaban J connectivity index is 2.15. The molecule has 1 heterocycles. The molecule has 1 fully saturated rings. The van der Waals surface area contributed by atoms with Crippen molar-refractivity contribution in [1.82, 2.24) is 10.2 Å². The van der Waals surface area contributed by atoms with Crippen molar-refractivity contribution in [3.05, 3.63) is 34.9 Å². The highest BCUT2D eigenvalue weighted by molar-refractivity contribution is 5.29. The summed E-state index contributed by atoms with van der Waals surface area (Å²) in [5, 5.41) is 3.56. The van der Waals surface area contributed by atoms with Gasteiger partial charge in [-0.2, -0.15) is 0 Å². The minimum Gasteiger partial charge on any atom is -0.315 e. The van der Waals surface area contributed by atoms with Crippen LogP contribution in [0.25, 0.3) is 0 Å². The number of rotatable bonds is 5. The molecule has 0 radical (unpaired) electrons. The average molecular weight is 274 g/mol. The zero-order valence-electron chi connectivity index (χ0n) is 13.8. The van der Waals surface area contributed by atoms with E-state index >= 15 is 0 Å². The lowest BCUT2D eigenvalue weighted by Crippen LogP contribution is -2.57. The van der Waals surface area contributed by atoms with Gasteiger partial charge >= 0.3 is 0 Å². The van der Waals surface area contributed by atoms with Gasteiger partial charge in [-0.25, -0.2) is 0 Å². The van der Waals surface area contributed by atoms with E-state index in [-0.39, 0.29) is 5.54 Å². The van der Waals surface area contributed by atoms with Crippen LogP contribution in [0.5, 0.6) is 0 Å². The molecule has 0 amide bonds. The molecule has 0 bridgehead atoms. The second-order valence-electron chi connectivity index (χ2n) is 6.89. The highest BCUT2D eigenvalue weighted by atomic mass is 15.2. The molecule has 2 nitrogen and oxygen atoms in total. The molecule has 0 saturated carbocycles. The Morgan fingerprint density at radius 2 is 1.65 bits per heavy atom. The van der Waals surface area contributed by atoms with Crippen LogP contribution in [-0.4, -0.2) is 36.6 Å². The molecule has 20 heavy (non-hydrogen) atoms. The molecular formula is C18H30N2. The van der Waals surface area contributed by atoms with E-state index in [1.165, 1.54) is 42.6 Å². The number of nitrogens with one attached hydrogen (secondary N) is 1. The summed E-state index contributed by atoms with van der Waals surface area (Å²) >= 11 is 0. The number of nitrogens with zero attached hydrogens (tertiary/aromatic N) is 1. The average Bonchev–Trinajstić information content (AvgIpc) is 2.89. The molecule has 112 valence electrons. The maximum atomic E-state index is 3.56. The fourth-order valence-electron chi connectivity index (χ4n) is 3.64. The number of hydrogen-bond donors (Lipinski definition) is 1. The van der Waals surface area contributed by atoms with Gasteiger partial charge < -0.3 is 5.32 Å². The molecule has 1 aromatic rings. The molecule has 0 spiro atoms. The summed E-state index contributed by atoms with van der Waals surface area (Å²) in [7, 11) is 2.10. The lowest BCUT2D eigenvalue weighted by atomic mass is 9.87. The fraction of sp³-hybridized carbons (Fsp3) is 0.667. The summed E-state index contributed by atoms with van der Waals surface area (Å²) < 4.78 is 0. The van der Waals surface area contributed by atoms with Gasteiger partial charge in [-0.3, -0.25) is 4.90 Å². The standard InChI is InChI=1S/C18H30N2/c1-14-10-15(2)12-16(11-14)13-17(19-5)18(3,4)20-8-6-7-9-20/h10-12,17,19H,6-9,13H2,1-5H3. The molecule has 1 saturated heterocycles. The zero-order chi connectivity index (χ0) is 14.8. The van der Waals surface area contributed by atoms with Crippen molar-refractivity contribution in [1.29, 1.82) is 0 Å². The van der Waals surface area contributed by atoms with Crippen LogP contribution in [0.4, 0.5) is 0 Å². The Hall–Kier alpha value is -0.860. The smallest absolute Gasteiger partial charge is 0.0309 e. The van der Waals surface area contributed by atoms with Crippen LogP contribution < -0.4 is 5.32 Å². The van der Waals surface area contributed by atoms with Crippen molar-refractivity contribution in [3.8, 4) is 0 Å². The van der Waals surface area contributed by atoms with Gasteiger partial charge in [0.2, 0.25) is 0 Å². The summed E-state index contributed by atoms with van der Waals surface area (Å²) in [5.41, 5.74) is 4.40. The predicted octanol–water partition coefficient (Wildman–Crippen LogP) is 3.31. The Kier molecular flexibility index (Phi) is 4.87. The first-order chi connectivity index (χ1) is 9.43. The number of aryl methyl sites for hydroxylation is 2. The SMILES string of the molecule is CNC(Cc1cc(C)cc(C)c1)C(C)(C)N1CCCC1. The van der Waals surface area contributed by atoms with Crippen LogP contribution in [0.1, 0.15) is 43.4 Å². The Morgan fingerprint density at radius 1 is 1.10 bits per heavy atom. The van der Waals surface area contributed by atoms with Crippen molar-refractivity contribution >= 4 is 0 Å². The Morgan fingerprint density at radius 3 is 2.15 bits per heavy atom. The van der Waals surface area contributed by atoms with Crippen LogP contribution in [0, 0.1) is 13.8 Å². The zero-order valence-corrected chi connectivity index (χ0v) is 13.8. The summed E-state index contributed by atoms with van der Waals surface area (Å²) in [6, 6.07) is 7.40. The van der Waals surface area contributed by atoms with Gasteiger partial charge in [0.05, 0.1) is 0 Å². The van der Waals surface area contributed by atoms with E-state index in [9.17, 15) is 0 Å². The van der Waals surface area contributed by atoms with E-state index < -0.39 is 0 Å². The largest absolute Gasteiger partial charge is 0.315 e. The van der Waals surface area contributed by atoms with Crippen LogP contribution in [-0.2, 0) is 6.42 Å². The topological polar surface area (TPSA) is 15.3 Å². The predicted molar refractivity (Wildman–Crippen MR) is 87.4 cm³/mol. The maximum Gasteiger partial charge on any atom is 0.0309 e. The van der Waals surface area contributed by atoms with E-state index in [2.05, 4.69) is 63.2 Å². The van der Waals surface area contributed by atoms with Gasteiger partial charge in [0.25, 0.3) is 0 Å². The van der Waals surface area contributed by atoms with Gasteiger partial charge in [0.15, 0.2) is 0 Å². The minimum atomic E-state index is 0.211. The van der Waals surface area contributed by atoms with Gasteiger partial charge in [0, 0.05) is 11.6 Å². The monoisotopic (exact) mass is 274 g/mol. The molecule has 1 aliphatic heterocycles. The number of likely N-dealkylation sites (tertiary alicyclic amines) is 1. The van der Waals surface area contributed by atoms with Gasteiger partial charge in [0.1, 0.15) is 0 Å². The maximum absolute atomic E-state index is 3.56. The van der Waals surface area contributed by atoms with Crippen LogP contribution >= 0.6 is 0 Å². The normalized spacial score (nSPS) is 18.4. The van der Waals surface area contributed by atoms with Crippen molar-refractivity contribution in [2.24, 2.45) is 0 Å². The van der Waals surface area contributed by atoms with E-state index in [0.29, 0.717) is 6.04 Å². The summed E-state index contributed by atoms with van der Waals surface area (Å²) in [4.78, 5) is 2.65. The molecule has 0 aromatic heterocycles. The fourth-order valence-corrected chi connectivity index (χ4v) is 3.64. The highest BCUT2D eigenvalue weighted by Crippen LogP contribution is 2.26. The lowest BCUT2D eigenvalue weighted by molar-refractivity contribution is 0.110. The first kappa shape index (κ1) is 15.5. The first-order valence-corrected chi connectivity index (χ1v) is 7.93. The van der Waals surface area contributed by atoms with Gasteiger partial charge in [-0.05, 0) is 72.7 Å². The Bertz CT molecular complexity index is 424. The van der Waals surface area contributed by atoms with Crippen LogP contribution in [0.3, 0.4) is 0 Å². The van der Waals surface area contributed by atoms with Crippen LogP contribution in [0.15, 0.2) is 18.2 Å². The van der Waals surface area contributed by atoms with Gasteiger partial charge in [-0.15, -0.1) is 0 Å². The second-order valence-corrected chi connectivity index (χ2v) is 6.89. The van der Waals surface area contributed by atoms with E-state index in [1.54, 1.807) is 0 Å². The molecule has 1 atom stereocenters.